The van der Waals surface area contributed by atoms with E-state index in [1.165, 1.54) is 156 Å². The minimum absolute atomic E-state index is 0.341. The highest BCUT2D eigenvalue weighted by Crippen LogP contribution is 2.45. The molecule has 0 aromatic carbocycles. The molecule has 0 aromatic rings. The Balaban J connectivity index is 0.000000184. The van der Waals surface area contributed by atoms with E-state index >= 15 is 0 Å². The molecule has 6 heterocycles. The number of hydrogen-bond donors (Lipinski definition) is 0. The predicted octanol–water partition coefficient (Wildman–Crippen LogP) is 10.5. The number of hydrogen-bond acceptors (Lipinski definition) is 6. The maximum absolute atomic E-state index is 2.72. The lowest BCUT2D eigenvalue weighted by atomic mass is 9.70. The van der Waals surface area contributed by atoms with Gasteiger partial charge in [-0.1, -0.05) is 0 Å². The fourth-order valence-corrected chi connectivity index (χ4v) is 11.4. The molecule has 0 radical (unpaired) electrons. The normalized spacial score (nSPS) is 28.7. The van der Waals surface area contributed by atoms with Gasteiger partial charge in [-0.05, 0) is 263 Å². The zero-order valence-electron chi connectivity index (χ0n) is 40.3. The molecule has 0 bridgehead atoms. The van der Waals surface area contributed by atoms with Gasteiger partial charge in [-0.3, -0.25) is 19.6 Å². The topological polar surface area (TPSA) is 19.4 Å². The highest BCUT2D eigenvalue weighted by atomic mass is 15.2. The molecule has 1 atom stereocenters. The average Bonchev–Trinajstić information content (AvgIpc) is 3.08. The summed E-state index contributed by atoms with van der Waals surface area (Å²) in [5.74, 6) is 0. The third-order valence-electron chi connectivity index (χ3n) is 15.8. The van der Waals surface area contributed by atoms with E-state index in [0.717, 1.165) is 6.04 Å². The quantitative estimate of drug-likeness (QED) is 0.277. The summed E-state index contributed by atoms with van der Waals surface area (Å²) in [6.45, 7) is 53.5. The summed E-state index contributed by atoms with van der Waals surface area (Å²) in [6, 6.07) is 1.44. The van der Waals surface area contributed by atoms with Crippen LogP contribution >= 0.6 is 0 Å². The molecular formula is C49H98N6. The first-order valence-corrected chi connectivity index (χ1v) is 23.8. The van der Waals surface area contributed by atoms with E-state index in [0.29, 0.717) is 44.4 Å². The summed E-state index contributed by atoms with van der Waals surface area (Å²) in [4.78, 5) is 16.2. The van der Waals surface area contributed by atoms with Crippen LogP contribution in [0.2, 0.25) is 0 Å². The van der Waals surface area contributed by atoms with E-state index in [2.05, 4.69) is 140 Å². The molecule has 6 nitrogen and oxygen atoms in total. The highest BCUT2D eigenvalue weighted by Gasteiger charge is 2.44. The van der Waals surface area contributed by atoms with Crippen LogP contribution in [-0.4, -0.2) is 142 Å². The van der Waals surface area contributed by atoms with Crippen molar-refractivity contribution in [2.75, 3.05) is 78.5 Å². The Labute approximate surface area is 345 Å². The SMILES string of the molecule is CC(C)(C)N1CCC2(CC1)CCN(C(C)(C)C)CC2.CC(C)N1CCCC2(CCCN(C(C)(C)C)C2)C1.CC(C)N1CCCC2(CCN(C(C)(C)C)CC2)C1. The summed E-state index contributed by atoms with van der Waals surface area (Å²) in [5.41, 5.74) is 3.31. The Hall–Kier alpha value is -0.240. The van der Waals surface area contributed by atoms with Crippen molar-refractivity contribution in [3.05, 3.63) is 0 Å². The molecule has 6 heteroatoms. The van der Waals surface area contributed by atoms with Gasteiger partial charge < -0.3 is 9.80 Å². The second-order valence-corrected chi connectivity index (χ2v) is 24.5. The number of likely N-dealkylation sites (tertiary alicyclic amines) is 6. The number of nitrogens with zero attached hydrogens (tertiary/aromatic N) is 6. The molecule has 1 unspecified atom stereocenters. The molecule has 55 heavy (non-hydrogen) atoms. The van der Waals surface area contributed by atoms with Crippen LogP contribution in [-0.2, 0) is 0 Å². The Morgan fingerprint density at radius 3 is 0.927 bits per heavy atom. The summed E-state index contributed by atoms with van der Waals surface area (Å²) in [7, 11) is 0. The van der Waals surface area contributed by atoms with E-state index in [1.807, 2.05) is 0 Å². The van der Waals surface area contributed by atoms with Crippen molar-refractivity contribution >= 4 is 0 Å². The van der Waals surface area contributed by atoms with Gasteiger partial charge in [0.2, 0.25) is 0 Å². The molecule has 3 spiro atoms. The van der Waals surface area contributed by atoms with Crippen LogP contribution < -0.4 is 0 Å². The van der Waals surface area contributed by atoms with Crippen LogP contribution in [0.1, 0.15) is 188 Å². The lowest BCUT2D eigenvalue weighted by Crippen LogP contribution is -2.57. The molecule has 0 amide bonds. The van der Waals surface area contributed by atoms with Crippen LogP contribution in [0.15, 0.2) is 0 Å². The van der Waals surface area contributed by atoms with E-state index in [9.17, 15) is 0 Å². The maximum Gasteiger partial charge on any atom is 0.0125 e. The Morgan fingerprint density at radius 2 is 0.600 bits per heavy atom. The molecular weight excluding hydrogens is 673 g/mol. The summed E-state index contributed by atoms with van der Waals surface area (Å²) < 4.78 is 0. The van der Waals surface area contributed by atoms with Crippen LogP contribution in [0.25, 0.3) is 0 Å². The fourth-order valence-electron chi connectivity index (χ4n) is 11.4. The van der Waals surface area contributed by atoms with E-state index in [1.54, 1.807) is 0 Å². The van der Waals surface area contributed by atoms with Crippen molar-refractivity contribution < 1.29 is 0 Å². The first-order valence-electron chi connectivity index (χ1n) is 23.8. The smallest absolute Gasteiger partial charge is 0.0125 e. The van der Waals surface area contributed by atoms with Gasteiger partial charge in [0.05, 0.1) is 0 Å². The first-order chi connectivity index (χ1) is 25.3. The van der Waals surface area contributed by atoms with Gasteiger partial charge in [-0.25, -0.2) is 0 Å². The van der Waals surface area contributed by atoms with Gasteiger partial charge in [-0.15, -0.1) is 0 Å². The summed E-state index contributed by atoms with van der Waals surface area (Å²) >= 11 is 0. The van der Waals surface area contributed by atoms with Crippen LogP contribution in [0, 0.1) is 16.2 Å². The maximum atomic E-state index is 2.72. The van der Waals surface area contributed by atoms with Gasteiger partial charge >= 0.3 is 0 Å². The van der Waals surface area contributed by atoms with E-state index in [-0.39, 0.29) is 0 Å². The second kappa shape index (κ2) is 18.6. The number of piperidine rings is 6. The van der Waals surface area contributed by atoms with Crippen molar-refractivity contribution in [2.24, 2.45) is 16.2 Å². The first kappa shape index (κ1) is 47.4. The van der Waals surface area contributed by atoms with Crippen molar-refractivity contribution in [1.29, 1.82) is 0 Å². The molecule has 0 aliphatic carbocycles. The Morgan fingerprint density at radius 1 is 0.309 bits per heavy atom. The summed E-state index contributed by atoms with van der Waals surface area (Å²) in [5, 5.41) is 0. The van der Waals surface area contributed by atoms with Crippen molar-refractivity contribution in [2.45, 2.75) is 222 Å². The zero-order valence-corrected chi connectivity index (χ0v) is 40.3. The number of rotatable bonds is 2. The highest BCUT2D eigenvalue weighted by molar-refractivity contribution is 4.98. The van der Waals surface area contributed by atoms with Crippen LogP contribution in [0.3, 0.4) is 0 Å². The molecule has 6 fully saturated rings. The molecule has 6 aliphatic rings. The van der Waals surface area contributed by atoms with Crippen LogP contribution in [0.4, 0.5) is 0 Å². The van der Waals surface area contributed by atoms with E-state index in [4.69, 9.17) is 0 Å². The third kappa shape index (κ3) is 13.4. The van der Waals surface area contributed by atoms with Gasteiger partial charge in [-0.2, -0.15) is 0 Å². The third-order valence-corrected chi connectivity index (χ3v) is 15.8. The standard InChI is InChI=1S/C17H34N2.2C16H32N2/c1-15(2,3)18-11-7-17(8-12-18)9-13-19(14-10-17)16(4,5)6;1-14(2)17-10-6-8-16(12-17)9-7-11-18(13-16)15(3,4)5;1-14(2)17-10-6-7-16(13-17)8-11-18(12-9-16)15(3,4)5/h7-14H2,1-6H3;2*14H,6-13H2,1-5H3. The van der Waals surface area contributed by atoms with Gasteiger partial charge in [0, 0.05) is 53.9 Å². The Kier molecular flexibility index (Phi) is 16.0. The van der Waals surface area contributed by atoms with Crippen LogP contribution in [0.5, 0.6) is 0 Å². The van der Waals surface area contributed by atoms with Crippen molar-refractivity contribution in [3.8, 4) is 0 Å². The molecule has 324 valence electrons. The molecule has 0 saturated carbocycles. The molecule has 0 N–H and O–H groups in total. The minimum atomic E-state index is 0.341. The van der Waals surface area contributed by atoms with E-state index < -0.39 is 0 Å². The van der Waals surface area contributed by atoms with Crippen molar-refractivity contribution in [3.63, 3.8) is 0 Å². The fraction of sp³-hybridized carbons (Fsp3) is 1.00. The monoisotopic (exact) mass is 771 g/mol. The lowest BCUT2D eigenvalue weighted by molar-refractivity contribution is -0.0273. The lowest BCUT2D eigenvalue weighted by Gasteiger charge is -2.52. The van der Waals surface area contributed by atoms with Gasteiger partial charge in [0.1, 0.15) is 0 Å². The molecule has 0 aromatic heterocycles. The molecule has 6 rings (SSSR count). The predicted molar refractivity (Wildman–Crippen MR) is 241 cm³/mol. The molecule has 6 aliphatic heterocycles. The second-order valence-electron chi connectivity index (χ2n) is 24.5. The average molecular weight is 771 g/mol. The Bertz CT molecular complexity index is 1090. The van der Waals surface area contributed by atoms with Crippen molar-refractivity contribution in [1.82, 2.24) is 29.4 Å². The minimum Gasteiger partial charge on any atom is -0.300 e. The van der Waals surface area contributed by atoms with Gasteiger partial charge in [0.15, 0.2) is 0 Å². The zero-order chi connectivity index (χ0) is 41.1. The summed E-state index contributed by atoms with van der Waals surface area (Å²) in [6.07, 6.45) is 17.1. The molecule has 6 saturated heterocycles. The van der Waals surface area contributed by atoms with Gasteiger partial charge in [0.25, 0.3) is 0 Å². The largest absolute Gasteiger partial charge is 0.300 e.